The molecule has 0 spiro atoms. The molecule has 0 aliphatic rings. The minimum absolute atomic E-state index is 0.201. The number of rotatable bonds is 7. The zero-order valence-electron chi connectivity index (χ0n) is 13.6. The van der Waals surface area contributed by atoms with Crippen LogP contribution in [-0.2, 0) is 11.4 Å². The summed E-state index contributed by atoms with van der Waals surface area (Å²) in [5.74, 6) is -0.356. The number of carbonyl (C=O) groups is 2. The van der Waals surface area contributed by atoms with Crippen LogP contribution in [0.3, 0.4) is 0 Å². The molecule has 2 rings (SSSR count). The average molecular weight is 343 g/mol. The van der Waals surface area contributed by atoms with Gasteiger partial charge in [0.15, 0.2) is 0 Å². The number of nitrogens with one attached hydrogen (secondary N) is 2. The van der Waals surface area contributed by atoms with Gasteiger partial charge in [0, 0.05) is 5.56 Å². The van der Waals surface area contributed by atoms with E-state index >= 15 is 0 Å². The summed E-state index contributed by atoms with van der Waals surface area (Å²) in [7, 11) is 0. The quantitative estimate of drug-likeness (QED) is 0.672. The fraction of sp³-hybridized carbons (Fsp3) is 0.167. The second-order valence-electron chi connectivity index (χ2n) is 5.41. The van der Waals surface area contributed by atoms with E-state index < -0.39 is 17.9 Å². The molecule has 130 valence electrons. The fourth-order valence-electron chi connectivity index (χ4n) is 2.15. The van der Waals surface area contributed by atoms with E-state index in [1.165, 1.54) is 19.1 Å². The lowest BCUT2D eigenvalue weighted by Crippen LogP contribution is -2.44. The van der Waals surface area contributed by atoms with Crippen LogP contribution in [0.15, 0.2) is 48.5 Å². The van der Waals surface area contributed by atoms with Crippen LogP contribution in [0, 0.1) is 11.2 Å². The number of ether oxygens (including phenoxy) is 1. The van der Waals surface area contributed by atoms with Crippen molar-refractivity contribution >= 4 is 17.5 Å². The van der Waals surface area contributed by atoms with Gasteiger partial charge in [-0.05, 0) is 48.9 Å². The molecule has 0 saturated heterocycles. The summed E-state index contributed by atoms with van der Waals surface area (Å²) in [5.41, 5.74) is 5.81. The number of Topliss-reactive ketones (excluding diaryl/α,β-unsaturated/α-hetero) is 1. The highest BCUT2D eigenvalue weighted by molar-refractivity contribution is 6.46. The second kappa shape index (κ2) is 8.05. The minimum Gasteiger partial charge on any atom is -0.489 e. The van der Waals surface area contributed by atoms with Crippen LogP contribution in [0.1, 0.15) is 18.1 Å². The van der Waals surface area contributed by atoms with Gasteiger partial charge in [-0.15, -0.1) is 0 Å². The van der Waals surface area contributed by atoms with Crippen molar-refractivity contribution in [3.63, 3.8) is 0 Å². The van der Waals surface area contributed by atoms with Crippen molar-refractivity contribution < 1.29 is 18.7 Å². The van der Waals surface area contributed by atoms with Gasteiger partial charge in [-0.3, -0.25) is 10.2 Å². The Bertz CT molecular complexity index is 790. The van der Waals surface area contributed by atoms with E-state index in [1.54, 1.807) is 36.4 Å². The van der Waals surface area contributed by atoms with Crippen molar-refractivity contribution in [1.82, 2.24) is 5.32 Å². The molecule has 0 radical (unpaired) electrons. The molecule has 2 amide bonds. The molecule has 0 unspecified atom stereocenters. The van der Waals surface area contributed by atoms with E-state index in [0.29, 0.717) is 16.9 Å². The molecule has 0 heterocycles. The second-order valence-corrected chi connectivity index (χ2v) is 5.41. The lowest BCUT2D eigenvalue weighted by atomic mass is 10.0. The topological polar surface area (TPSA) is 105 Å². The largest absolute Gasteiger partial charge is 0.489 e. The van der Waals surface area contributed by atoms with Gasteiger partial charge in [-0.25, -0.2) is 9.18 Å². The molecule has 0 aliphatic heterocycles. The number of hydrogen-bond donors (Lipinski definition) is 3. The van der Waals surface area contributed by atoms with E-state index in [9.17, 15) is 14.0 Å². The predicted octanol–water partition coefficient (Wildman–Crippen LogP) is 2.40. The average Bonchev–Trinajstić information content (AvgIpc) is 2.58. The lowest BCUT2D eigenvalue weighted by molar-refractivity contribution is -0.114. The first kappa shape index (κ1) is 18.1. The molecule has 2 aromatic carbocycles. The number of halogens is 1. The molecule has 6 nitrogen and oxygen atoms in total. The normalized spacial score (nSPS) is 11.4. The maximum absolute atomic E-state index is 13.1. The van der Waals surface area contributed by atoms with Crippen LogP contribution in [-0.4, -0.2) is 23.6 Å². The number of nitrogens with two attached hydrogens (primary N) is 1. The summed E-state index contributed by atoms with van der Waals surface area (Å²) >= 11 is 0. The first-order valence-corrected chi connectivity index (χ1v) is 7.53. The molecule has 4 N–H and O–H groups in total. The summed E-state index contributed by atoms with van der Waals surface area (Å²) in [6.07, 6.45) is 0. The minimum atomic E-state index is -0.881. The van der Waals surface area contributed by atoms with Crippen molar-refractivity contribution in [2.24, 2.45) is 5.73 Å². The van der Waals surface area contributed by atoms with Crippen LogP contribution in [0.5, 0.6) is 5.75 Å². The summed E-state index contributed by atoms with van der Waals surface area (Å²) in [4.78, 5) is 22.8. The van der Waals surface area contributed by atoms with E-state index in [-0.39, 0.29) is 18.1 Å². The molecular formula is C18H18FN3O3. The number of amides is 2. The maximum atomic E-state index is 13.1. The number of benzene rings is 2. The Hall–Kier alpha value is -3.22. The number of hydrogen-bond acceptors (Lipinski definition) is 4. The molecule has 0 saturated carbocycles. The number of urea groups is 1. The molecule has 0 bridgehead atoms. The number of primary amides is 1. The van der Waals surface area contributed by atoms with Gasteiger partial charge in [0.2, 0.25) is 5.78 Å². The van der Waals surface area contributed by atoms with Crippen LogP contribution in [0.25, 0.3) is 0 Å². The fourth-order valence-corrected chi connectivity index (χ4v) is 2.15. The van der Waals surface area contributed by atoms with Gasteiger partial charge >= 0.3 is 6.03 Å². The third-order valence-corrected chi connectivity index (χ3v) is 3.44. The first-order valence-electron chi connectivity index (χ1n) is 7.53. The Balaban J connectivity index is 1.98. The van der Waals surface area contributed by atoms with Gasteiger partial charge in [-0.2, -0.15) is 0 Å². The predicted molar refractivity (Wildman–Crippen MR) is 91.2 cm³/mol. The SMILES string of the molecule is C[C@@H](NC(N)=O)C(=O)C(=N)c1ccc(OCc2cccc(F)c2)cc1. The molecule has 2 aromatic rings. The summed E-state index contributed by atoms with van der Waals surface area (Å²) in [6, 6.07) is 10.8. The summed E-state index contributed by atoms with van der Waals surface area (Å²) in [5, 5.41) is 10.2. The van der Waals surface area contributed by atoms with Gasteiger partial charge in [-0.1, -0.05) is 12.1 Å². The Morgan fingerprint density at radius 3 is 2.52 bits per heavy atom. The van der Waals surface area contributed by atoms with Gasteiger partial charge in [0.25, 0.3) is 0 Å². The highest BCUT2D eigenvalue weighted by Gasteiger charge is 2.20. The highest BCUT2D eigenvalue weighted by atomic mass is 19.1. The van der Waals surface area contributed by atoms with E-state index in [1.807, 2.05) is 0 Å². The van der Waals surface area contributed by atoms with Crippen molar-refractivity contribution in [1.29, 1.82) is 5.41 Å². The van der Waals surface area contributed by atoms with Crippen LogP contribution in [0.4, 0.5) is 9.18 Å². The number of carbonyl (C=O) groups excluding carboxylic acids is 2. The third kappa shape index (κ3) is 5.13. The monoisotopic (exact) mass is 343 g/mol. The molecule has 0 aromatic heterocycles. The Kier molecular flexibility index (Phi) is 5.84. The molecule has 25 heavy (non-hydrogen) atoms. The van der Waals surface area contributed by atoms with Crippen molar-refractivity contribution in [3.05, 3.63) is 65.5 Å². The lowest BCUT2D eigenvalue weighted by Gasteiger charge is -2.12. The molecule has 7 heteroatoms. The highest BCUT2D eigenvalue weighted by Crippen LogP contribution is 2.15. The van der Waals surface area contributed by atoms with Crippen molar-refractivity contribution in [2.45, 2.75) is 19.6 Å². The molecule has 0 fully saturated rings. The van der Waals surface area contributed by atoms with E-state index in [0.717, 1.165) is 0 Å². The van der Waals surface area contributed by atoms with Gasteiger partial charge in [0.1, 0.15) is 23.9 Å². The van der Waals surface area contributed by atoms with Crippen LogP contribution in [0.2, 0.25) is 0 Å². The summed E-state index contributed by atoms with van der Waals surface area (Å²) < 4.78 is 18.7. The Morgan fingerprint density at radius 2 is 1.92 bits per heavy atom. The molecule has 0 aliphatic carbocycles. The smallest absolute Gasteiger partial charge is 0.312 e. The summed E-state index contributed by atoms with van der Waals surface area (Å²) in [6.45, 7) is 1.66. The van der Waals surface area contributed by atoms with Crippen LogP contribution >= 0.6 is 0 Å². The van der Waals surface area contributed by atoms with Crippen LogP contribution < -0.4 is 15.8 Å². The van der Waals surface area contributed by atoms with E-state index in [4.69, 9.17) is 15.9 Å². The van der Waals surface area contributed by atoms with Gasteiger partial charge < -0.3 is 15.8 Å². The van der Waals surface area contributed by atoms with Crippen molar-refractivity contribution in [3.8, 4) is 5.75 Å². The number of ketones is 1. The zero-order valence-corrected chi connectivity index (χ0v) is 13.6. The molecule has 1 atom stereocenters. The maximum Gasteiger partial charge on any atom is 0.312 e. The van der Waals surface area contributed by atoms with Gasteiger partial charge in [0.05, 0.1) is 6.04 Å². The molecular weight excluding hydrogens is 325 g/mol. The van der Waals surface area contributed by atoms with E-state index in [2.05, 4.69) is 5.32 Å². The Labute approximate surface area is 144 Å². The van der Waals surface area contributed by atoms with Crippen molar-refractivity contribution in [2.75, 3.05) is 0 Å². The standard InChI is InChI=1S/C18H18FN3O3/c1-11(22-18(21)24)17(23)16(20)13-5-7-15(8-6-13)25-10-12-3-2-4-14(19)9-12/h2-9,11,20H,10H2,1H3,(H3,21,22,24)/t11-/m1/s1. The third-order valence-electron chi connectivity index (χ3n) is 3.44. The Morgan fingerprint density at radius 1 is 1.24 bits per heavy atom. The zero-order chi connectivity index (χ0) is 18.4. The first-order chi connectivity index (χ1) is 11.9.